The quantitative estimate of drug-likeness (QED) is 0.741. The highest BCUT2D eigenvalue weighted by atomic mass is 19.4. The number of nitrogens with one attached hydrogen (secondary N) is 1. The van der Waals surface area contributed by atoms with E-state index in [1.165, 1.54) is 0 Å². The van der Waals surface area contributed by atoms with Crippen LogP contribution in [-0.4, -0.2) is 32.9 Å². The number of alkyl halides is 3. The van der Waals surface area contributed by atoms with Gasteiger partial charge in [-0.3, -0.25) is 0 Å². The maximum absolute atomic E-state index is 12.0. The number of halogens is 3. The number of nitrogens with zero attached hydrogens (tertiary/aromatic N) is 4. The van der Waals surface area contributed by atoms with Crippen LogP contribution in [0.2, 0.25) is 0 Å². The second-order valence-electron chi connectivity index (χ2n) is 4.92. The first-order chi connectivity index (χ1) is 8.88. The average molecular weight is 279 g/mol. The Morgan fingerprint density at radius 3 is 2.63 bits per heavy atom. The van der Waals surface area contributed by atoms with Gasteiger partial charge in [-0.2, -0.15) is 13.2 Å². The number of unbranched alkanes of at least 4 members (excludes halogenated alkanes) is 1. The molecule has 0 radical (unpaired) electrons. The smallest absolute Gasteiger partial charge is 0.310 e. The SMILES string of the molecule is CC(C)CNCc1nnnn1CCCCC(F)(F)F. The number of hydrogen-bond donors (Lipinski definition) is 1. The minimum atomic E-state index is -4.08. The van der Waals surface area contributed by atoms with Crippen LogP contribution in [-0.2, 0) is 13.1 Å². The van der Waals surface area contributed by atoms with Gasteiger partial charge in [-0.15, -0.1) is 5.10 Å². The molecular weight excluding hydrogens is 259 g/mol. The Morgan fingerprint density at radius 2 is 2.00 bits per heavy atom. The van der Waals surface area contributed by atoms with E-state index < -0.39 is 12.6 Å². The molecule has 0 aliphatic rings. The molecule has 0 aromatic carbocycles. The first-order valence-electron chi connectivity index (χ1n) is 6.41. The fourth-order valence-electron chi connectivity index (χ4n) is 1.58. The van der Waals surface area contributed by atoms with E-state index in [0.717, 1.165) is 6.54 Å². The van der Waals surface area contributed by atoms with Gasteiger partial charge in [-0.25, -0.2) is 4.68 Å². The summed E-state index contributed by atoms with van der Waals surface area (Å²) in [5, 5.41) is 14.4. The summed E-state index contributed by atoms with van der Waals surface area (Å²) in [7, 11) is 0. The van der Waals surface area contributed by atoms with Crippen LogP contribution in [0.25, 0.3) is 0 Å². The number of aromatic nitrogens is 4. The summed E-state index contributed by atoms with van der Waals surface area (Å²) < 4.78 is 37.5. The molecule has 110 valence electrons. The van der Waals surface area contributed by atoms with Crippen LogP contribution in [0.3, 0.4) is 0 Å². The van der Waals surface area contributed by atoms with E-state index in [-0.39, 0.29) is 6.42 Å². The predicted molar refractivity (Wildman–Crippen MR) is 64.3 cm³/mol. The van der Waals surface area contributed by atoms with E-state index in [1.807, 2.05) is 0 Å². The molecule has 0 spiro atoms. The summed E-state index contributed by atoms with van der Waals surface area (Å²) >= 11 is 0. The van der Waals surface area contributed by atoms with Gasteiger partial charge >= 0.3 is 6.18 Å². The number of rotatable bonds is 8. The molecule has 5 nitrogen and oxygen atoms in total. The van der Waals surface area contributed by atoms with Gasteiger partial charge in [-0.1, -0.05) is 13.8 Å². The lowest BCUT2D eigenvalue weighted by Gasteiger charge is -2.08. The highest BCUT2D eigenvalue weighted by Gasteiger charge is 2.25. The molecule has 0 saturated carbocycles. The summed E-state index contributed by atoms with van der Waals surface area (Å²) in [5.41, 5.74) is 0. The topological polar surface area (TPSA) is 55.6 Å². The fourth-order valence-corrected chi connectivity index (χ4v) is 1.58. The Hall–Kier alpha value is -1.18. The third-order valence-corrected chi connectivity index (χ3v) is 2.52. The van der Waals surface area contributed by atoms with E-state index >= 15 is 0 Å². The minimum absolute atomic E-state index is 0.0994. The van der Waals surface area contributed by atoms with Crippen molar-refractivity contribution in [3.63, 3.8) is 0 Å². The Balaban J connectivity index is 2.28. The Labute approximate surface area is 110 Å². The maximum Gasteiger partial charge on any atom is 0.389 e. The number of hydrogen-bond acceptors (Lipinski definition) is 4. The van der Waals surface area contributed by atoms with Gasteiger partial charge in [0.25, 0.3) is 0 Å². The van der Waals surface area contributed by atoms with Crippen molar-refractivity contribution < 1.29 is 13.2 Å². The zero-order chi connectivity index (χ0) is 14.3. The van der Waals surface area contributed by atoms with Gasteiger partial charge < -0.3 is 5.32 Å². The first kappa shape index (κ1) is 15.9. The van der Waals surface area contributed by atoms with E-state index in [1.54, 1.807) is 4.68 Å². The highest BCUT2D eigenvalue weighted by Crippen LogP contribution is 2.22. The van der Waals surface area contributed by atoms with Gasteiger partial charge in [-0.05, 0) is 35.7 Å². The Morgan fingerprint density at radius 1 is 1.26 bits per heavy atom. The third kappa shape index (κ3) is 7.09. The van der Waals surface area contributed by atoms with Crippen molar-refractivity contribution in [3.8, 4) is 0 Å². The molecule has 1 aromatic rings. The van der Waals surface area contributed by atoms with Crippen molar-refractivity contribution in [1.82, 2.24) is 25.5 Å². The van der Waals surface area contributed by atoms with E-state index in [2.05, 4.69) is 34.7 Å². The lowest BCUT2D eigenvalue weighted by molar-refractivity contribution is -0.135. The average Bonchev–Trinajstić information content (AvgIpc) is 2.70. The molecule has 0 fully saturated rings. The Bertz CT molecular complexity index is 361. The molecule has 0 amide bonds. The zero-order valence-corrected chi connectivity index (χ0v) is 11.2. The molecule has 0 bridgehead atoms. The van der Waals surface area contributed by atoms with Gasteiger partial charge in [0.05, 0.1) is 6.54 Å². The summed E-state index contributed by atoms with van der Waals surface area (Å²) in [6.45, 7) is 5.98. The van der Waals surface area contributed by atoms with Crippen LogP contribution in [0.1, 0.15) is 38.9 Å². The van der Waals surface area contributed by atoms with Crippen LogP contribution in [0.4, 0.5) is 13.2 Å². The minimum Gasteiger partial charge on any atom is -0.310 e. The van der Waals surface area contributed by atoms with Crippen LogP contribution >= 0.6 is 0 Å². The molecule has 0 unspecified atom stereocenters. The number of aryl methyl sites for hydroxylation is 1. The fraction of sp³-hybridized carbons (Fsp3) is 0.909. The zero-order valence-electron chi connectivity index (χ0n) is 11.2. The monoisotopic (exact) mass is 279 g/mol. The lowest BCUT2D eigenvalue weighted by atomic mass is 10.2. The van der Waals surface area contributed by atoms with Gasteiger partial charge in [0.2, 0.25) is 0 Å². The molecule has 1 rings (SSSR count). The Kier molecular flexibility index (Phi) is 6.20. The van der Waals surface area contributed by atoms with Gasteiger partial charge in [0.1, 0.15) is 0 Å². The molecule has 0 saturated heterocycles. The second kappa shape index (κ2) is 7.42. The molecule has 19 heavy (non-hydrogen) atoms. The van der Waals surface area contributed by atoms with Crippen LogP contribution in [0, 0.1) is 5.92 Å². The largest absolute Gasteiger partial charge is 0.389 e. The molecule has 1 heterocycles. The van der Waals surface area contributed by atoms with Crippen molar-refractivity contribution in [2.45, 2.75) is 52.4 Å². The van der Waals surface area contributed by atoms with Gasteiger partial charge in [0.15, 0.2) is 5.82 Å². The molecule has 0 aliphatic carbocycles. The first-order valence-corrected chi connectivity index (χ1v) is 6.41. The van der Waals surface area contributed by atoms with E-state index in [4.69, 9.17) is 0 Å². The van der Waals surface area contributed by atoms with Crippen molar-refractivity contribution in [3.05, 3.63) is 5.82 Å². The summed E-state index contributed by atoms with van der Waals surface area (Å²) in [6, 6.07) is 0. The van der Waals surface area contributed by atoms with Crippen molar-refractivity contribution in [2.75, 3.05) is 6.54 Å². The van der Waals surface area contributed by atoms with E-state index in [9.17, 15) is 13.2 Å². The van der Waals surface area contributed by atoms with Gasteiger partial charge in [0, 0.05) is 13.0 Å². The molecule has 8 heteroatoms. The van der Waals surface area contributed by atoms with Crippen LogP contribution in [0.5, 0.6) is 0 Å². The number of tetrazole rings is 1. The summed E-state index contributed by atoms with van der Waals surface area (Å²) in [5.74, 6) is 1.18. The normalized spacial score (nSPS) is 12.3. The highest BCUT2D eigenvalue weighted by molar-refractivity contribution is 4.79. The van der Waals surface area contributed by atoms with Crippen LogP contribution in [0.15, 0.2) is 0 Å². The van der Waals surface area contributed by atoms with E-state index in [0.29, 0.717) is 31.3 Å². The lowest BCUT2D eigenvalue weighted by Crippen LogP contribution is -2.22. The molecule has 0 aliphatic heterocycles. The maximum atomic E-state index is 12.0. The van der Waals surface area contributed by atoms with Crippen molar-refractivity contribution >= 4 is 0 Å². The summed E-state index contributed by atoms with van der Waals surface area (Å²) in [6.07, 6.45) is -4.32. The molecule has 0 atom stereocenters. The molecule has 1 aromatic heterocycles. The second-order valence-corrected chi connectivity index (χ2v) is 4.92. The van der Waals surface area contributed by atoms with Crippen LogP contribution < -0.4 is 5.32 Å². The molecular formula is C11H20F3N5. The summed E-state index contributed by atoms with van der Waals surface area (Å²) in [4.78, 5) is 0. The predicted octanol–water partition coefficient (Wildman–Crippen LogP) is 2.15. The third-order valence-electron chi connectivity index (χ3n) is 2.52. The standard InChI is InChI=1S/C11H20F3N5/c1-9(2)7-15-8-10-16-17-18-19(10)6-4-3-5-11(12,13)14/h9,15H,3-8H2,1-2H3. The molecule has 1 N–H and O–H groups in total. The van der Waals surface area contributed by atoms with Crippen molar-refractivity contribution in [2.24, 2.45) is 5.92 Å². The van der Waals surface area contributed by atoms with Crippen molar-refractivity contribution in [1.29, 1.82) is 0 Å².